The van der Waals surface area contributed by atoms with Crippen molar-refractivity contribution in [2.24, 2.45) is 0 Å². The molecule has 2 aromatic carbocycles. The summed E-state index contributed by atoms with van der Waals surface area (Å²) in [7, 11) is 0. The molecular formula is C26H31N3O2S2. The number of ether oxygens (including phenoxy) is 1. The van der Waals surface area contributed by atoms with E-state index >= 15 is 0 Å². The van der Waals surface area contributed by atoms with Crippen molar-refractivity contribution in [1.82, 2.24) is 15.2 Å². The maximum atomic E-state index is 12.9. The van der Waals surface area contributed by atoms with Crippen molar-refractivity contribution in [2.45, 2.75) is 56.7 Å². The van der Waals surface area contributed by atoms with Crippen molar-refractivity contribution in [3.05, 3.63) is 81.3 Å². The maximum absolute atomic E-state index is 12.9. The van der Waals surface area contributed by atoms with Crippen LogP contribution in [0.5, 0.6) is 0 Å². The topological polar surface area (TPSA) is 54.5 Å². The lowest BCUT2D eigenvalue weighted by molar-refractivity contribution is -0.0704. The lowest BCUT2D eigenvalue weighted by Gasteiger charge is -2.35. The van der Waals surface area contributed by atoms with Gasteiger partial charge in [-0.2, -0.15) is 0 Å². The summed E-state index contributed by atoms with van der Waals surface area (Å²) < 4.78 is 5.83. The second-order valence-electron chi connectivity index (χ2n) is 8.59. The van der Waals surface area contributed by atoms with E-state index in [1.54, 1.807) is 23.1 Å². The van der Waals surface area contributed by atoms with Crippen LogP contribution in [0.3, 0.4) is 0 Å². The van der Waals surface area contributed by atoms with Crippen LogP contribution in [0.15, 0.2) is 58.8 Å². The van der Waals surface area contributed by atoms with Gasteiger partial charge >= 0.3 is 0 Å². The maximum Gasteiger partial charge on any atom is 0.252 e. The number of thioether (sulfide) groups is 1. The number of thiazole rings is 1. The Bertz CT molecular complexity index is 1060. The fourth-order valence-corrected chi connectivity index (χ4v) is 5.78. The molecule has 0 aliphatic carbocycles. The lowest BCUT2D eigenvalue weighted by atomic mass is 10.1. The summed E-state index contributed by atoms with van der Waals surface area (Å²) in [6, 6.07) is 16.3. The molecule has 7 heteroatoms. The molecule has 1 N–H and O–H groups in total. The molecule has 2 atom stereocenters. The van der Waals surface area contributed by atoms with Crippen molar-refractivity contribution < 1.29 is 9.53 Å². The number of benzene rings is 2. The molecule has 0 radical (unpaired) electrons. The molecular weight excluding hydrogens is 450 g/mol. The van der Waals surface area contributed by atoms with Crippen molar-refractivity contribution in [3.8, 4) is 0 Å². The monoisotopic (exact) mass is 481 g/mol. The smallest absolute Gasteiger partial charge is 0.252 e. The fraction of sp³-hybridized carbons (Fsp3) is 0.385. The van der Waals surface area contributed by atoms with E-state index in [2.05, 4.69) is 58.7 Å². The summed E-state index contributed by atoms with van der Waals surface area (Å²) in [6.07, 6.45) is 0.546. The SMILES string of the molecule is Cc1nc(CSc2ccccc2C(=O)NCc2ccc(CN3CC(C)OC(C)C3)cc2)cs1. The Morgan fingerprint density at radius 2 is 1.82 bits per heavy atom. The molecule has 4 rings (SSSR count). The van der Waals surface area contributed by atoms with Gasteiger partial charge in [-0.1, -0.05) is 36.4 Å². The molecule has 0 saturated carbocycles. The number of aryl methyl sites for hydroxylation is 1. The highest BCUT2D eigenvalue weighted by molar-refractivity contribution is 7.98. The molecule has 1 aliphatic rings. The van der Waals surface area contributed by atoms with E-state index in [0.29, 0.717) is 12.1 Å². The quantitative estimate of drug-likeness (QED) is 0.444. The molecule has 0 spiro atoms. The number of carbonyl (C=O) groups is 1. The Hall–Kier alpha value is -2.19. The van der Waals surface area contributed by atoms with Gasteiger partial charge in [-0.15, -0.1) is 23.1 Å². The van der Waals surface area contributed by atoms with E-state index in [-0.39, 0.29) is 18.1 Å². The Morgan fingerprint density at radius 3 is 2.52 bits per heavy atom. The Kier molecular flexibility index (Phi) is 8.20. The summed E-state index contributed by atoms with van der Waals surface area (Å²) in [5, 5.41) is 6.22. The van der Waals surface area contributed by atoms with Gasteiger partial charge in [0.25, 0.3) is 5.91 Å². The number of nitrogens with one attached hydrogen (secondary N) is 1. The van der Waals surface area contributed by atoms with Gasteiger partial charge in [-0.05, 0) is 44.0 Å². The number of hydrogen-bond donors (Lipinski definition) is 1. The summed E-state index contributed by atoms with van der Waals surface area (Å²) >= 11 is 3.31. The summed E-state index contributed by atoms with van der Waals surface area (Å²) in [6.45, 7) is 9.62. The first-order valence-corrected chi connectivity index (χ1v) is 13.2. The van der Waals surface area contributed by atoms with Gasteiger partial charge in [0.05, 0.1) is 28.5 Å². The van der Waals surface area contributed by atoms with Crippen LogP contribution in [0.2, 0.25) is 0 Å². The fourth-order valence-electron chi connectivity index (χ4n) is 4.12. The Balaban J connectivity index is 1.30. The van der Waals surface area contributed by atoms with Crippen LogP contribution in [0.25, 0.3) is 0 Å². The highest BCUT2D eigenvalue weighted by Crippen LogP contribution is 2.27. The zero-order valence-electron chi connectivity index (χ0n) is 19.4. The number of amides is 1. The largest absolute Gasteiger partial charge is 0.373 e. The van der Waals surface area contributed by atoms with E-state index in [9.17, 15) is 4.79 Å². The third kappa shape index (κ3) is 6.90. The van der Waals surface area contributed by atoms with Crippen LogP contribution >= 0.6 is 23.1 Å². The molecule has 1 aliphatic heterocycles. The van der Waals surface area contributed by atoms with Crippen molar-refractivity contribution >= 4 is 29.0 Å². The number of aromatic nitrogens is 1. The molecule has 2 unspecified atom stereocenters. The molecule has 1 amide bonds. The number of rotatable bonds is 8. The number of hydrogen-bond acceptors (Lipinski definition) is 6. The highest BCUT2D eigenvalue weighted by Gasteiger charge is 2.22. The zero-order valence-corrected chi connectivity index (χ0v) is 21.0. The second kappa shape index (κ2) is 11.3. The number of morpholine rings is 1. The summed E-state index contributed by atoms with van der Waals surface area (Å²) in [5.74, 6) is 0.712. The van der Waals surface area contributed by atoms with E-state index in [1.807, 2.05) is 31.2 Å². The molecule has 1 fully saturated rings. The van der Waals surface area contributed by atoms with Crippen LogP contribution in [-0.2, 0) is 23.6 Å². The summed E-state index contributed by atoms with van der Waals surface area (Å²) in [4.78, 5) is 20.8. The van der Waals surface area contributed by atoms with E-state index in [4.69, 9.17) is 4.74 Å². The van der Waals surface area contributed by atoms with Gasteiger partial charge in [0, 0.05) is 42.2 Å². The molecule has 1 aromatic heterocycles. The van der Waals surface area contributed by atoms with E-state index < -0.39 is 0 Å². The minimum Gasteiger partial charge on any atom is -0.373 e. The predicted octanol–water partition coefficient (Wildman–Crippen LogP) is 5.28. The van der Waals surface area contributed by atoms with Gasteiger partial charge in [0.15, 0.2) is 0 Å². The van der Waals surface area contributed by atoms with Gasteiger partial charge in [-0.3, -0.25) is 9.69 Å². The predicted molar refractivity (Wildman–Crippen MR) is 136 cm³/mol. The first kappa shape index (κ1) is 24.0. The Labute approximate surface area is 204 Å². The zero-order chi connectivity index (χ0) is 23.2. The minimum atomic E-state index is -0.0482. The molecule has 1 saturated heterocycles. The molecule has 33 heavy (non-hydrogen) atoms. The van der Waals surface area contributed by atoms with Crippen LogP contribution in [0.1, 0.15) is 46.0 Å². The lowest BCUT2D eigenvalue weighted by Crippen LogP contribution is -2.44. The average molecular weight is 482 g/mol. The van der Waals surface area contributed by atoms with Crippen LogP contribution in [0, 0.1) is 6.92 Å². The van der Waals surface area contributed by atoms with E-state index in [0.717, 1.165) is 46.5 Å². The first-order valence-electron chi connectivity index (χ1n) is 11.3. The second-order valence-corrected chi connectivity index (χ2v) is 10.7. The average Bonchev–Trinajstić information content (AvgIpc) is 3.21. The van der Waals surface area contributed by atoms with Crippen molar-refractivity contribution in [2.75, 3.05) is 13.1 Å². The molecule has 5 nitrogen and oxygen atoms in total. The van der Waals surface area contributed by atoms with Crippen LogP contribution in [-0.4, -0.2) is 41.1 Å². The van der Waals surface area contributed by atoms with Gasteiger partial charge < -0.3 is 10.1 Å². The van der Waals surface area contributed by atoms with Gasteiger partial charge in [0.2, 0.25) is 0 Å². The number of nitrogens with zero attached hydrogens (tertiary/aromatic N) is 2. The molecule has 3 aromatic rings. The minimum absolute atomic E-state index is 0.0482. The first-order chi connectivity index (χ1) is 16.0. The molecule has 174 valence electrons. The van der Waals surface area contributed by atoms with Crippen molar-refractivity contribution in [3.63, 3.8) is 0 Å². The van der Waals surface area contributed by atoms with Gasteiger partial charge in [-0.25, -0.2) is 4.98 Å². The third-order valence-corrected chi connectivity index (χ3v) is 7.48. The third-order valence-electron chi connectivity index (χ3n) is 5.55. The molecule has 0 bridgehead atoms. The molecule has 2 heterocycles. The van der Waals surface area contributed by atoms with E-state index in [1.165, 1.54) is 5.56 Å². The normalized spacial score (nSPS) is 18.9. The van der Waals surface area contributed by atoms with Gasteiger partial charge in [0.1, 0.15) is 0 Å². The van der Waals surface area contributed by atoms with Crippen LogP contribution in [0.4, 0.5) is 0 Å². The standard InChI is InChI=1S/C26H31N3O2S2/c1-18-13-29(14-19(2)31-18)15-22-10-8-21(9-11-22)12-27-26(30)24-6-4-5-7-25(24)33-17-23-16-32-20(3)28-23/h4-11,16,18-19H,12-15,17H2,1-3H3,(H,27,30). The number of carbonyl (C=O) groups excluding carboxylic acids is 1. The van der Waals surface area contributed by atoms with Crippen molar-refractivity contribution in [1.29, 1.82) is 0 Å². The highest BCUT2D eigenvalue weighted by atomic mass is 32.2. The van der Waals surface area contributed by atoms with Crippen LogP contribution < -0.4 is 5.32 Å². The Morgan fingerprint density at radius 1 is 1.12 bits per heavy atom. The summed E-state index contributed by atoms with van der Waals surface area (Å²) in [5.41, 5.74) is 4.14.